The van der Waals surface area contributed by atoms with Gasteiger partial charge in [-0.1, -0.05) is 69.7 Å². The zero-order valence-corrected chi connectivity index (χ0v) is 17.5. The van der Waals surface area contributed by atoms with E-state index in [0.29, 0.717) is 12.3 Å². The van der Waals surface area contributed by atoms with Crippen molar-refractivity contribution in [2.75, 3.05) is 6.61 Å². The first-order valence-corrected chi connectivity index (χ1v) is 11.9. The van der Waals surface area contributed by atoms with Crippen LogP contribution in [0, 0.1) is 0 Å². The Morgan fingerprint density at radius 2 is 1.81 bits per heavy atom. The Labute approximate surface area is 163 Å². The minimum absolute atomic E-state index is 0.0934. The van der Waals surface area contributed by atoms with Crippen LogP contribution in [-0.2, 0) is 15.5 Å². The van der Waals surface area contributed by atoms with E-state index in [1.165, 1.54) is 49.7 Å². The number of aryl methyl sites for hydroxylation is 1. The smallest absolute Gasteiger partial charge is 0.323 e. The zero-order chi connectivity index (χ0) is 19.8. The zero-order valence-electron chi connectivity index (χ0n) is 16.6. The maximum atomic E-state index is 11.0. The number of hydrogen-bond acceptors (Lipinski definition) is 3. The maximum Gasteiger partial charge on any atom is 0.469 e. The lowest BCUT2D eigenvalue weighted by Gasteiger charge is -2.38. The third-order valence-corrected chi connectivity index (χ3v) is 6.14. The molecule has 5 nitrogen and oxygen atoms in total. The molecule has 1 aliphatic carbocycles. The molecule has 0 radical (unpaired) electrons. The molecule has 27 heavy (non-hydrogen) atoms. The quantitative estimate of drug-likeness (QED) is 0.359. The standard InChI is InChI=1S/C21H36NO4P/c1-2-3-4-5-6-7-9-18-11-13-19(14-12-18)20-10-8-15-21(22,16-20)17-26-27(23,24)25/h11-14,20H,2-10,15-17,22H2,1H3,(H2,23,24,25). The third kappa shape index (κ3) is 8.45. The van der Waals surface area contributed by atoms with Crippen LogP contribution in [0.4, 0.5) is 0 Å². The first kappa shape index (κ1) is 22.6. The second-order valence-electron chi connectivity index (χ2n) is 8.18. The fourth-order valence-corrected chi connectivity index (χ4v) is 4.51. The molecule has 4 N–H and O–H groups in total. The Kier molecular flexibility index (Phi) is 8.97. The van der Waals surface area contributed by atoms with Crippen LogP contribution in [0.2, 0.25) is 0 Å². The second kappa shape index (κ2) is 10.7. The van der Waals surface area contributed by atoms with Crippen molar-refractivity contribution >= 4 is 7.82 Å². The summed E-state index contributed by atoms with van der Waals surface area (Å²) in [5.74, 6) is 0.326. The minimum atomic E-state index is -4.47. The molecule has 0 amide bonds. The van der Waals surface area contributed by atoms with E-state index in [0.717, 1.165) is 25.7 Å². The highest BCUT2D eigenvalue weighted by Crippen LogP contribution is 2.42. The molecule has 2 unspecified atom stereocenters. The van der Waals surface area contributed by atoms with Crippen molar-refractivity contribution in [3.63, 3.8) is 0 Å². The van der Waals surface area contributed by atoms with Gasteiger partial charge in [0.2, 0.25) is 0 Å². The molecule has 154 valence electrons. The molecule has 1 saturated carbocycles. The fourth-order valence-electron chi connectivity index (χ4n) is 4.09. The van der Waals surface area contributed by atoms with E-state index in [1.807, 2.05) is 0 Å². The van der Waals surface area contributed by atoms with E-state index in [4.69, 9.17) is 20.0 Å². The predicted octanol–water partition coefficient (Wildman–Crippen LogP) is 5.05. The largest absolute Gasteiger partial charge is 0.469 e. The summed E-state index contributed by atoms with van der Waals surface area (Å²) in [7, 11) is -4.47. The average molecular weight is 397 g/mol. The van der Waals surface area contributed by atoms with Crippen LogP contribution in [0.5, 0.6) is 0 Å². The van der Waals surface area contributed by atoms with E-state index in [1.54, 1.807) is 0 Å². The van der Waals surface area contributed by atoms with Crippen LogP contribution in [0.3, 0.4) is 0 Å². The number of hydrogen-bond donors (Lipinski definition) is 3. The van der Waals surface area contributed by atoms with Crippen molar-refractivity contribution in [1.82, 2.24) is 0 Å². The van der Waals surface area contributed by atoms with Gasteiger partial charge in [-0.15, -0.1) is 0 Å². The minimum Gasteiger partial charge on any atom is -0.323 e. The highest BCUT2D eigenvalue weighted by atomic mass is 31.2. The Morgan fingerprint density at radius 1 is 1.15 bits per heavy atom. The van der Waals surface area contributed by atoms with Crippen LogP contribution in [-0.4, -0.2) is 21.9 Å². The summed E-state index contributed by atoms with van der Waals surface area (Å²) in [5.41, 5.74) is 8.36. The van der Waals surface area contributed by atoms with Gasteiger partial charge in [-0.05, 0) is 49.1 Å². The summed E-state index contributed by atoms with van der Waals surface area (Å²) in [5, 5.41) is 0. The molecule has 0 bridgehead atoms. The maximum absolute atomic E-state index is 11.0. The summed E-state index contributed by atoms with van der Waals surface area (Å²) in [4.78, 5) is 17.9. The summed E-state index contributed by atoms with van der Waals surface area (Å²) in [6.45, 7) is 2.15. The Hall–Kier alpha value is -0.710. The van der Waals surface area contributed by atoms with Crippen molar-refractivity contribution in [2.24, 2.45) is 5.73 Å². The van der Waals surface area contributed by atoms with Gasteiger partial charge in [0, 0.05) is 5.54 Å². The van der Waals surface area contributed by atoms with Crippen LogP contribution >= 0.6 is 7.82 Å². The van der Waals surface area contributed by atoms with Crippen LogP contribution in [0.1, 0.15) is 88.2 Å². The summed E-state index contributed by atoms with van der Waals surface area (Å²) in [6, 6.07) is 8.85. The van der Waals surface area contributed by atoms with E-state index in [2.05, 4.69) is 31.2 Å². The second-order valence-corrected chi connectivity index (χ2v) is 9.42. The van der Waals surface area contributed by atoms with Gasteiger partial charge in [0.05, 0.1) is 6.61 Å². The molecule has 0 aromatic heterocycles. The Morgan fingerprint density at radius 3 is 2.48 bits per heavy atom. The molecule has 0 spiro atoms. The monoisotopic (exact) mass is 397 g/mol. The molecule has 1 fully saturated rings. The highest BCUT2D eigenvalue weighted by molar-refractivity contribution is 7.46. The van der Waals surface area contributed by atoms with E-state index >= 15 is 0 Å². The number of nitrogens with two attached hydrogens (primary N) is 1. The molecular weight excluding hydrogens is 361 g/mol. The van der Waals surface area contributed by atoms with Crippen LogP contribution in [0.25, 0.3) is 0 Å². The number of unbranched alkanes of at least 4 members (excludes halogenated alkanes) is 5. The molecule has 1 aromatic rings. The fraction of sp³-hybridized carbons (Fsp3) is 0.714. The molecule has 6 heteroatoms. The molecule has 0 aliphatic heterocycles. The van der Waals surface area contributed by atoms with Crippen molar-refractivity contribution in [3.05, 3.63) is 35.4 Å². The summed E-state index contributed by atoms with van der Waals surface area (Å²) >= 11 is 0. The van der Waals surface area contributed by atoms with Crippen LogP contribution in [0.15, 0.2) is 24.3 Å². The Bertz CT molecular complexity index is 601. The first-order valence-electron chi connectivity index (χ1n) is 10.4. The van der Waals surface area contributed by atoms with E-state index < -0.39 is 13.4 Å². The normalized spacial score (nSPS) is 23.5. The van der Waals surface area contributed by atoms with E-state index in [-0.39, 0.29) is 6.61 Å². The molecule has 0 heterocycles. The molecule has 2 rings (SSSR count). The van der Waals surface area contributed by atoms with Gasteiger partial charge in [-0.2, -0.15) is 0 Å². The average Bonchev–Trinajstić information content (AvgIpc) is 2.63. The number of rotatable bonds is 11. The molecule has 0 saturated heterocycles. The van der Waals surface area contributed by atoms with Gasteiger partial charge in [0.15, 0.2) is 0 Å². The third-order valence-electron chi connectivity index (χ3n) is 5.67. The van der Waals surface area contributed by atoms with Gasteiger partial charge in [0.25, 0.3) is 0 Å². The van der Waals surface area contributed by atoms with Crippen molar-refractivity contribution in [1.29, 1.82) is 0 Å². The van der Waals surface area contributed by atoms with Gasteiger partial charge < -0.3 is 15.5 Å². The SMILES string of the molecule is CCCCCCCCc1ccc(C2CCCC(N)(COP(=O)(O)O)C2)cc1. The van der Waals surface area contributed by atoms with Crippen molar-refractivity contribution in [3.8, 4) is 0 Å². The lowest BCUT2D eigenvalue weighted by atomic mass is 9.74. The molecule has 2 atom stereocenters. The van der Waals surface area contributed by atoms with Crippen molar-refractivity contribution < 1.29 is 18.9 Å². The summed E-state index contributed by atoms with van der Waals surface area (Å²) in [6.07, 6.45) is 12.5. The van der Waals surface area contributed by atoms with Crippen molar-refractivity contribution in [2.45, 2.75) is 89.0 Å². The van der Waals surface area contributed by atoms with Crippen LogP contribution < -0.4 is 5.73 Å². The van der Waals surface area contributed by atoms with Gasteiger partial charge in [-0.3, -0.25) is 4.52 Å². The predicted molar refractivity (Wildman–Crippen MR) is 110 cm³/mol. The van der Waals surface area contributed by atoms with Gasteiger partial charge in [0.1, 0.15) is 0 Å². The summed E-state index contributed by atoms with van der Waals surface area (Å²) < 4.78 is 15.7. The number of benzene rings is 1. The lowest BCUT2D eigenvalue weighted by molar-refractivity contribution is 0.123. The Balaban J connectivity index is 1.82. The van der Waals surface area contributed by atoms with Gasteiger partial charge >= 0.3 is 7.82 Å². The number of phosphoric ester groups is 1. The number of phosphoric acid groups is 1. The first-order chi connectivity index (χ1) is 12.8. The lowest BCUT2D eigenvalue weighted by Crippen LogP contribution is -2.47. The topological polar surface area (TPSA) is 92.8 Å². The van der Waals surface area contributed by atoms with E-state index in [9.17, 15) is 4.57 Å². The molecule has 1 aromatic carbocycles. The van der Waals surface area contributed by atoms with Gasteiger partial charge in [-0.25, -0.2) is 4.57 Å². The highest BCUT2D eigenvalue weighted by Gasteiger charge is 2.35. The molecular formula is C21H36NO4P. The molecule has 1 aliphatic rings.